The summed E-state index contributed by atoms with van der Waals surface area (Å²) in [6.07, 6.45) is 1.21. The van der Waals surface area contributed by atoms with Gasteiger partial charge in [0.25, 0.3) is 0 Å². The van der Waals surface area contributed by atoms with Gasteiger partial charge in [-0.25, -0.2) is 0 Å². The fourth-order valence-electron chi connectivity index (χ4n) is 2.89. The number of nitrogens with two attached hydrogens (primary N) is 1. The summed E-state index contributed by atoms with van der Waals surface area (Å²) in [6.45, 7) is 29.0. The van der Waals surface area contributed by atoms with Gasteiger partial charge in [-0.1, -0.05) is 50.6 Å². The van der Waals surface area contributed by atoms with E-state index in [1.807, 2.05) is 34.6 Å². The normalized spacial score (nSPS) is 14.7. The number of nitrogens with one attached hydrogen (secondary N) is 1. The molecule has 0 atom stereocenters. The zero-order chi connectivity index (χ0) is 24.7. The molecule has 1 aliphatic rings. The van der Waals surface area contributed by atoms with E-state index in [-0.39, 0.29) is 5.54 Å². The molecule has 0 radical (unpaired) electrons. The van der Waals surface area contributed by atoms with E-state index in [0.717, 1.165) is 19.6 Å². The summed E-state index contributed by atoms with van der Waals surface area (Å²) in [7, 11) is 2.19. The van der Waals surface area contributed by atoms with Crippen molar-refractivity contribution in [3.8, 4) is 0 Å². The third kappa shape index (κ3) is 18.3. The Morgan fingerprint density at radius 3 is 1.90 bits per heavy atom. The van der Waals surface area contributed by atoms with Gasteiger partial charge in [0.2, 0.25) is 0 Å². The molecule has 0 bridgehead atoms. The molecule has 0 saturated carbocycles. The van der Waals surface area contributed by atoms with E-state index in [2.05, 4.69) is 88.0 Å². The molecule has 1 heterocycles. The molecule has 3 N–H and O–H groups in total. The first-order valence-corrected chi connectivity index (χ1v) is 12.3. The topological polar surface area (TPSA) is 44.5 Å². The smallest absolute Gasteiger partial charge is 0.0234 e. The second kappa shape index (κ2) is 16.7. The van der Waals surface area contributed by atoms with E-state index in [0.29, 0.717) is 11.6 Å². The van der Waals surface area contributed by atoms with Gasteiger partial charge in [-0.15, -0.1) is 0 Å². The lowest BCUT2D eigenvalue weighted by Gasteiger charge is -2.37. The van der Waals surface area contributed by atoms with Crippen LogP contribution in [0.15, 0.2) is 24.3 Å². The van der Waals surface area contributed by atoms with Gasteiger partial charge in [-0.2, -0.15) is 0 Å². The number of piperazine rings is 1. The highest BCUT2D eigenvalue weighted by molar-refractivity contribution is 5.22. The Labute approximate surface area is 196 Å². The zero-order valence-electron chi connectivity index (χ0n) is 23.1. The highest BCUT2D eigenvalue weighted by Gasteiger charge is 2.22. The summed E-state index contributed by atoms with van der Waals surface area (Å²) in [4.78, 5) is 4.91. The predicted molar refractivity (Wildman–Crippen MR) is 142 cm³/mol. The summed E-state index contributed by atoms with van der Waals surface area (Å²) in [5, 5.41) is 3.37. The second-order valence-electron chi connectivity index (χ2n) is 10.3. The van der Waals surface area contributed by atoms with Crippen molar-refractivity contribution in [2.24, 2.45) is 5.73 Å². The first kappa shape index (κ1) is 32.2. The first-order valence-electron chi connectivity index (χ1n) is 12.3. The minimum Gasteiger partial charge on any atom is -0.326 e. The maximum Gasteiger partial charge on any atom is 0.0234 e. The first-order chi connectivity index (χ1) is 14.3. The van der Waals surface area contributed by atoms with Gasteiger partial charge in [-0.05, 0) is 74.4 Å². The van der Waals surface area contributed by atoms with E-state index in [9.17, 15) is 0 Å². The zero-order valence-corrected chi connectivity index (χ0v) is 23.1. The van der Waals surface area contributed by atoms with Crippen LogP contribution >= 0.6 is 0 Å². The molecule has 31 heavy (non-hydrogen) atoms. The Morgan fingerprint density at radius 2 is 1.55 bits per heavy atom. The summed E-state index contributed by atoms with van der Waals surface area (Å²) >= 11 is 0. The molecule has 1 saturated heterocycles. The SMILES string of the molecule is CC.CC(C)(C)N.CCC(C)(C)N(C)C(C)C.Cc1cccc(CN2CCNCC2)c1. The van der Waals surface area contributed by atoms with Crippen LogP contribution in [0.3, 0.4) is 0 Å². The van der Waals surface area contributed by atoms with Crippen molar-refractivity contribution in [1.82, 2.24) is 15.1 Å². The lowest BCUT2D eigenvalue weighted by molar-refractivity contribution is 0.115. The van der Waals surface area contributed by atoms with Crippen molar-refractivity contribution in [3.63, 3.8) is 0 Å². The van der Waals surface area contributed by atoms with Crippen molar-refractivity contribution in [2.45, 2.75) is 106 Å². The summed E-state index contributed by atoms with van der Waals surface area (Å²) in [6, 6.07) is 9.44. The molecular formula is C27H56N4. The van der Waals surface area contributed by atoms with Crippen LogP contribution in [0.4, 0.5) is 0 Å². The Morgan fingerprint density at radius 1 is 1.06 bits per heavy atom. The van der Waals surface area contributed by atoms with Crippen LogP contribution in [0.1, 0.15) is 86.8 Å². The third-order valence-electron chi connectivity index (χ3n) is 5.29. The minimum absolute atomic E-state index is 0. The maximum absolute atomic E-state index is 5.35. The molecule has 2 rings (SSSR count). The van der Waals surface area contributed by atoms with Crippen LogP contribution in [0.5, 0.6) is 0 Å². The van der Waals surface area contributed by atoms with Gasteiger partial charge < -0.3 is 11.1 Å². The molecule has 0 amide bonds. The lowest BCUT2D eigenvalue weighted by Crippen LogP contribution is -2.44. The molecule has 4 heteroatoms. The van der Waals surface area contributed by atoms with Crippen LogP contribution in [0.25, 0.3) is 0 Å². The summed E-state index contributed by atoms with van der Waals surface area (Å²) < 4.78 is 0. The van der Waals surface area contributed by atoms with E-state index in [4.69, 9.17) is 5.73 Å². The quantitative estimate of drug-likeness (QED) is 0.623. The Balaban J connectivity index is 0. The predicted octanol–water partition coefficient (Wildman–Crippen LogP) is 5.69. The molecule has 1 aliphatic heterocycles. The van der Waals surface area contributed by atoms with Crippen molar-refractivity contribution in [1.29, 1.82) is 0 Å². The number of nitrogens with zero attached hydrogens (tertiary/aromatic N) is 2. The van der Waals surface area contributed by atoms with E-state index in [1.165, 1.54) is 30.6 Å². The van der Waals surface area contributed by atoms with Crippen LogP contribution in [0.2, 0.25) is 0 Å². The molecule has 184 valence electrons. The number of rotatable bonds is 5. The van der Waals surface area contributed by atoms with Crippen molar-refractivity contribution >= 4 is 0 Å². The summed E-state index contributed by atoms with van der Waals surface area (Å²) in [5.74, 6) is 0. The molecule has 1 fully saturated rings. The number of hydrogen-bond acceptors (Lipinski definition) is 4. The molecule has 1 aromatic rings. The fraction of sp³-hybridized carbons (Fsp3) is 0.778. The van der Waals surface area contributed by atoms with Gasteiger partial charge in [0.15, 0.2) is 0 Å². The minimum atomic E-state index is 0. The standard InChI is InChI=1S/C12H18N2.C9H21N.C4H11N.C2H6/c1-11-3-2-4-12(9-11)10-14-7-5-13-6-8-14;1-7-9(4,5)10(6)8(2)3;1-4(2,3)5;1-2/h2-4,9,13H,5-8,10H2,1H3;8H,7H2,1-6H3;5H2,1-3H3;1-2H3. The molecule has 0 aromatic heterocycles. The number of hydrogen-bond donors (Lipinski definition) is 2. The second-order valence-corrected chi connectivity index (χ2v) is 10.3. The van der Waals surface area contributed by atoms with Crippen LogP contribution < -0.4 is 11.1 Å². The molecule has 0 unspecified atom stereocenters. The van der Waals surface area contributed by atoms with Gasteiger partial charge in [0, 0.05) is 49.8 Å². The lowest BCUT2D eigenvalue weighted by atomic mass is 9.98. The molecule has 0 spiro atoms. The molecule has 1 aromatic carbocycles. The Bertz CT molecular complexity index is 534. The average molecular weight is 437 g/mol. The highest BCUT2D eigenvalue weighted by atomic mass is 15.2. The van der Waals surface area contributed by atoms with E-state index in [1.54, 1.807) is 0 Å². The summed E-state index contributed by atoms with van der Waals surface area (Å²) in [5.41, 5.74) is 8.51. The number of aryl methyl sites for hydroxylation is 1. The van der Waals surface area contributed by atoms with E-state index < -0.39 is 0 Å². The van der Waals surface area contributed by atoms with Crippen LogP contribution in [0, 0.1) is 6.92 Å². The van der Waals surface area contributed by atoms with Gasteiger partial charge >= 0.3 is 0 Å². The van der Waals surface area contributed by atoms with Crippen LogP contribution in [-0.4, -0.2) is 60.1 Å². The highest BCUT2D eigenvalue weighted by Crippen LogP contribution is 2.18. The van der Waals surface area contributed by atoms with Crippen molar-refractivity contribution in [3.05, 3.63) is 35.4 Å². The Hall–Kier alpha value is -0.940. The van der Waals surface area contributed by atoms with E-state index >= 15 is 0 Å². The molecular weight excluding hydrogens is 380 g/mol. The van der Waals surface area contributed by atoms with Crippen LogP contribution in [-0.2, 0) is 6.54 Å². The largest absolute Gasteiger partial charge is 0.326 e. The van der Waals surface area contributed by atoms with Crippen molar-refractivity contribution in [2.75, 3.05) is 33.2 Å². The van der Waals surface area contributed by atoms with Gasteiger partial charge in [-0.3, -0.25) is 9.80 Å². The molecule has 0 aliphatic carbocycles. The molecule has 4 nitrogen and oxygen atoms in total. The monoisotopic (exact) mass is 436 g/mol. The fourth-order valence-corrected chi connectivity index (χ4v) is 2.89. The maximum atomic E-state index is 5.35. The van der Waals surface area contributed by atoms with Crippen molar-refractivity contribution < 1.29 is 0 Å². The van der Waals surface area contributed by atoms with Gasteiger partial charge in [0.1, 0.15) is 0 Å². The van der Waals surface area contributed by atoms with Gasteiger partial charge in [0.05, 0.1) is 0 Å². The third-order valence-corrected chi connectivity index (χ3v) is 5.29. The average Bonchev–Trinajstić information content (AvgIpc) is 2.69. The Kier molecular flexibility index (Phi) is 17.3. The number of benzene rings is 1.